The predicted octanol–water partition coefficient (Wildman–Crippen LogP) is 1.82. The van der Waals surface area contributed by atoms with Crippen molar-refractivity contribution in [3.8, 4) is 0 Å². The van der Waals surface area contributed by atoms with E-state index in [1.54, 1.807) is 24.5 Å². The number of carbonyl (C=O) groups is 1. The predicted molar refractivity (Wildman–Crippen MR) is 73.7 cm³/mol. The number of aromatic nitrogens is 4. The van der Waals surface area contributed by atoms with Gasteiger partial charge in [-0.2, -0.15) is 0 Å². The number of aromatic carboxylic acids is 1. The van der Waals surface area contributed by atoms with Gasteiger partial charge in [-0.15, -0.1) is 0 Å². The van der Waals surface area contributed by atoms with E-state index in [9.17, 15) is 4.79 Å². The molecule has 6 heteroatoms. The van der Waals surface area contributed by atoms with E-state index in [2.05, 4.69) is 9.97 Å². The molecule has 2 aromatic heterocycles. The zero-order valence-corrected chi connectivity index (χ0v) is 11.2. The van der Waals surface area contributed by atoms with E-state index in [1.807, 2.05) is 29.3 Å². The molecule has 0 unspecified atom stereocenters. The lowest BCUT2D eigenvalue weighted by Crippen LogP contribution is -2.05. The van der Waals surface area contributed by atoms with Crippen molar-refractivity contribution in [2.45, 2.75) is 13.5 Å². The molecule has 0 fully saturated rings. The Morgan fingerprint density at radius 3 is 2.80 bits per heavy atom. The highest BCUT2D eigenvalue weighted by Gasteiger charge is 2.10. The summed E-state index contributed by atoms with van der Waals surface area (Å²) in [5, 5.41) is 9.07. The molecule has 0 radical (unpaired) electrons. The Morgan fingerprint density at radius 1 is 1.35 bits per heavy atom. The Hall–Kier alpha value is -2.63. The summed E-state index contributed by atoms with van der Waals surface area (Å²) >= 11 is 0. The molecule has 3 rings (SSSR count). The summed E-state index contributed by atoms with van der Waals surface area (Å²) in [5.74, 6) is 0.00618. The van der Waals surface area contributed by atoms with Crippen LogP contribution in [0.5, 0.6) is 0 Å². The van der Waals surface area contributed by atoms with E-state index in [0.717, 1.165) is 22.6 Å². The summed E-state index contributed by atoms with van der Waals surface area (Å²) in [4.78, 5) is 19.6. The first-order valence-corrected chi connectivity index (χ1v) is 6.21. The molecule has 1 N–H and O–H groups in total. The van der Waals surface area contributed by atoms with Crippen LogP contribution in [0.3, 0.4) is 0 Å². The fourth-order valence-corrected chi connectivity index (χ4v) is 2.19. The van der Waals surface area contributed by atoms with Crippen molar-refractivity contribution in [1.29, 1.82) is 0 Å². The van der Waals surface area contributed by atoms with Crippen LogP contribution in [-0.4, -0.2) is 30.2 Å². The van der Waals surface area contributed by atoms with Crippen molar-refractivity contribution in [2.75, 3.05) is 0 Å². The molecule has 2 heterocycles. The van der Waals surface area contributed by atoms with Crippen LogP contribution < -0.4 is 0 Å². The van der Waals surface area contributed by atoms with E-state index >= 15 is 0 Å². The molecule has 102 valence electrons. The fourth-order valence-electron chi connectivity index (χ4n) is 2.19. The summed E-state index contributed by atoms with van der Waals surface area (Å²) < 4.78 is 3.94. The monoisotopic (exact) mass is 270 g/mol. The molecular weight excluding hydrogens is 256 g/mol. The summed E-state index contributed by atoms with van der Waals surface area (Å²) in [6.45, 7) is 2.55. The molecule has 0 atom stereocenters. The molecule has 1 aromatic carbocycles. The van der Waals surface area contributed by atoms with Gasteiger partial charge in [0.15, 0.2) is 0 Å². The lowest BCUT2D eigenvalue weighted by Gasteiger charge is -2.06. The van der Waals surface area contributed by atoms with Gasteiger partial charge in [0.05, 0.1) is 41.4 Å². The third-order valence-corrected chi connectivity index (χ3v) is 3.52. The van der Waals surface area contributed by atoms with Crippen molar-refractivity contribution < 1.29 is 9.90 Å². The standard InChI is InChI=1S/C14H14N4O2/c1-9-15-6-11(17(9)2)7-18-8-16-12-4-3-10(14(19)20)5-13(12)18/h3-6,8H,7H2,1-2H3,(H,19,20). The number of carboxylic acid groups (broad SMARTS) is 1. The lowest BCUT2D eigenvalue weighted by molar-refractivity contribution is 0.0697. The number of hydrogen-bond acceptors (Lipinski definition) is 3. The zero-order valence-electron chi connectivity index (χ0n) is 11.2. The van der Waals surface area contributed by atoms with E-state index in [1.165, 1.54) is 0 Å². The van der Waals surface area contributed by atoms with Gasteiger partial charge in [0.2, 0.25) is 0 Å². The number of carboxylic acids is 1. The van der Waals surface area contributed by atoms with E-state index in [0.29, 0.717) is 6.54 Å². The highest BCUT2D eigenvalue weighted by atomic mass is 16.4. The number of imidazole rings is 2. The minimum Gasteiger partial charge on any atom is -0.478 e. The topological polar surface area (TPSA) is 72.9 Å². The number of benzene rings is 1. The van der Waals surface area contributed by atoms with Gasteiger partial charge in [-0.25, -0.2) is 14.8 Å². The number of rotatable bonds is 3. The Bertz CT molecular complexity index is 801. The lowest BCUT2D eigenvalue weighted by atomic mass is 10.2. The van der Waals surface area contributed by atoms with Crippen LogP contribution in [0.15, 0.2) is 30.7 Å². The first kappa shape index (κ1) is 12.4. The maximum absolute atomic E-state index is 11.0. The second-order valence-corrected chi connectivity index (χ2v) is 4.74. The van der Waals surface area contributed by atoms with Crippen molar-refractivity contribution >= 4 is 17.0 Å². The van der Waals surface area contributed by atoms with Crippen LogP contribution in [0.4, 0.5) is 0 Å². The minimum atomic E-state index is -0.934. The van der Waals surface area contributed by atoms with Crippen LogP contribution in [0.2, 0.25) is 0 Å². The highest BCUT2D eigenvalue weighted by molar-refractivity contribution is 5.92. The molecule has 0 spiro atoms. The van der Waals surface area contributed by atoms with Crippen molar-refractivity contribution in [3.05, 3.63) is 47.8 Å². The third-order valence-electron chi connectivity index (χ3n) is 3.52. The van der Waals surface area contributed by atoms with Gasteiger partial charge < -0.3 is 14.2 Å². The first-order chi connectivity index (χ1) is 9.56. The normalized spacial score (nSPS) is 11.1. The molecule has 0 aliphatic rings. The Labute approximate surface area is 115 Å². The van der Waals surface area contributed by atoms with Crippen LogP contribution in [0.1, 0.15) is 21.9 Å². The summed E-state index contributed by atoms with van der Waals surface area (Å²) in [6, 6.07) is 4.94. The van der Waals surface area contributed by atoms with Gasteiger partial charge in [0.1, 0.15) is 5.82 Å². The molecule has 0 saturated carbocycles. The van der Waals surface area contributed by atoms with Gasteiger partial charge in [-0.3, -0.25) is 0 Å². The van der Waals surface area contributed by atoms with Crippen LogP contribution in [0, 0.1) is 6.92 Å². The molecule has 0 amide bonds. The average molecular weight is 270 g/mol. The van der Waals surface area contributed by atoms with Crippen molar-refractivity contribution in [2.24, 2.45) is 7.05 Å². The molecule has 0 aliphatic heterocycles. The van der Waals surface area contributed by atoms with Crippen molar-refractivity contribution in [1.82, 2.24) is 19.1 Å². The summed E-state index contributed by atoms with van der Waals surface area (Å²) in [5.41, 5.74) is 2.90. The highest BCUT2D eigenvalue weighted by Crippen LogP contribution is 2.17. The quantitative estimate of drug-likeness (QED) is 0.788. The van der Waals surface area contributed by atoms with Gasteiger partial charge in [-0.1, -0.05) is 0 Å². The van der Waals surface area contributed by atoms with Crippen LogP contribution >= 0.6 is 0 Å². The smallest absolute Gasteiger partial charge is 0.335 e. The van der Waals surface area contributed by atoms with Crippen LogP contribution in [-0.2, 0) is 13.6 Å². The number of aryl methyl sites for hydroxylation is 1. The Balaban J connectivity index is 2.05. The SMILES string of the molecule is Cc1ncc(Cn2cnc3ccc(C(=O)O)cc32)n1C. The molecule has 0 bridgehead atoms. The maximum atomic E-state index is 11.0. The number of hydrogen-bond donors (Lipinski definition) is 1. The Morgan fingerprint density at radius 2 is 2.15 bits per heavy atom. The van der Waals surface area contributed by atoms with Gasteiger partial charge in [0, 0.05) is 7.05 Å². The van der Waals surface area contributed by atoms with E-state index in [4.69, 9.17) is 5.11 Å². The summed E-state index contributed by atoms with van der Waals surface area (Å²) in [6.07, 6.45) is 3.54. The first-order valence-electron chi connectivity index (χ1n) is 6.21. The average Bonchev–Trinajstić information content (AvgIpc) is 2.97. The molecule has 20 heavy (non-hydrogen) atoms. The van der Waals surface area contributed by atoms with E-state index < -0.39 is 5.97 Å². The second-order valence-electron chi connectivity index (χ2n) is 4.74. The maximum Gasteiger partial charge on any atom is 0.335 e. The largest absolute Gasteiger partial charge is 0.478 e. The van der Waals surface area contributed by atoms with Crippen molar-refractivity contribution in [3.63, 3.8) is 0 Å². The third kappa shape index (κ3) is 1.95. The molecule has 6 nitrogen and oxygen atoms in total. The van der Waals surface area contributed by atoms with Gasteiger partial charge in [-0.05, 0) is 25.1 Å². The van der Waals surface area contributed by atoms with Gasteiger partial charge >= 0.3 is 5.97 Å². The second kappa shape index (κ2) is 4.48. The molecule has 0 aliphatic carbocycles. The van der Waals surface area contributed by atoms with Crippen LogP contribution in [0.25, 0.3) is 11.0 Å². The fraction of sp³-hybridized carbons (Fsp3) is 0.214. The zero-order chi connectivity index (χ0) is 14.3. The summed E-state index contributed by atoms with van der Waals surface area (Å²) in [7, 11) is 1.96. The molecule has 0 saturated heterocycles. The van der Waals surface area contributed by atoms with Gasteiger partial charge in [0.25, 0.3) is 0 Å². The minimum absolute atomic E-state index is 0.264. The number of fused-ring (bicyclic) bond motifs is 1. The number of nitrogens with zero attached hydrogens (tertiary/aromatic N) is 4. The molecule has 3 aromatic rings. The molecular formula is C14H14N4O2. The van der Waals surface area contributed by atoms with E-state index in [-0.39, 0.29) is 5.56 Å². The Kier molecular flexibility index (Phi) is 2.78.